The van der Waals surface area contributed by atoms with Gasteiger partial charge in [-0.25, -0.2) is 0 Å². The van der Waals surface area contributed by atoms with Crippen molar-refractivity contribution in [2.75, 3.05) is 24.5 Å². The Hall–Kier alpha value is -1.74. The van der Waals surface area contributed by atoms with Crippen LogP contribution in [0, 0.1) is 0 Å². The highest BCUT2D eigenvalue weighted by molar-refractivity contribution is 5.57. The molecule has 0 bridgehead atoms. The van der Waals surface area contributed by atoms with Crippen LogP contribution in [-0.4, -0.2) is 19.6 Å². The molecule has 0 radical (unpaired) electrons. The van der Waals surface area contributed by atoms with Crippen LogP contribution < -0.4 is 10.2 Å². The molecule has 1 aliphatic heterocycles. The monoisotopic (exact) mass is 284 g/mol. The van der Waals surface area contributed by atoms with E-state index >= 15 is 0 Å². The quantitative estimate of drug-likeness (QED) is 0.784. The Morgan fingerprint density at radius 1 is 1.24 bits per heavy atom. The van der Waals surface area contributed by atoms with Crippen molar-refractivity contribution in [1.82, 2.24) is 5.32 Å². The van der Waals surface area contributed by atoms with Crippen LogP contribution in [-0.2, 0) is 6.42 Å². The van der Waals surface area contributed by atoms with Gasteiger partial charge in [0.25, 0.3) is 0 Å². The zero-order chi connectivity index (χ0) is 14.5. The number of nitrogens with one attached hydrogen (secondary N) is 1. The summed E-state index contributed by atoms with van der Waals surface area (Å²) >= 11 is 0. The maximum absolute atomic E-state index is 5.49. The highest BCUT2D eigenvalue weighted by Crippen LogP contribution is 2.27. The molecule has 0 amide bonds. The van der Waals surface area contributed by atoms with Gasteiger partial charge in [0.2, 0.25) is 0 Å². The van der Waals surface area contributed by atoms with Crippen LogP contribution in [0.4, 0.5) is 5.69 Å². The summed E-state index contributed by atoms with van der Waals surface area (Å²) in [7, 11) is 0. The fourth-order valence-corrected chi connectivity index (χ4v) is 3.12. The highest BCUT2D eigenvalue weighted by atomic mass is 16.3. The van der Waals surface area contributed by atoms with E-state index in [1.807, 2.05) is 6.07 Å². The van der Waals surface area contributed by atoms with Gasteiger partial charge in [0.1, 0.15) is 5.76 Å². The molecule has 3 heteroatoms. The van der Waals surface area contributed by atoms with Crippen molar-refractivity contribution >= 4 is 5.69 Å². The van der Waals surface area contributed by atoms with Crippen LogP contribution in [0.3, 0.4) is 0 Å². The predicted octanol–water partition coefficient (Wildman–Crippen LogP) is 3.77. The topological polar surface area (TPSA) is 28.4 Å². The minimum Gasteiger partial charge on any atom is -0.468 e. The molecule has 3 rings (SSSR count). The van der Waals surface area contributed by atoms with Crippen molar-refractivity contribution in [2.45, 2.75) is 32.2 Å². The third-order valence-corrected chi connectivity index (χ3v) is 4.27. The molecule has 2 aromatic rings. The molecule has 0 spiro atoms. The summed E-state index contributed by atoms with van der Waals surface area (Å²) in [6.45, 7) is 5.50. The van der Waals surface area contributed by atoms with Crippen molar-refractivity contribution < 1.29 is 4.42 Å². The first-order valence-corrected chi connectivity index (χ1v) is 7.98. The first kappa shape index (κ1) is 14.2. The van der Waals surface area contributed by atoms with Gasteiger partial charge < -0.3 is 14.6 Å². The van der Waals surface area contributed by atoms with Crippen molar-refractivity contribution in [3.8, 4) is 0 Å². The van der Waals surface area contributed by atoms with E-state index in [0.29, 0.717) is 6.04 Å². The molecule has 2 heterocycles. The van der Waals surface area contributed by atoms with E-state index in [1.54, 1.807) is 6.26 Å². The summed E-state index contributed by atoms with van der Waals surface area (Å²) in [6, 6.07) is 13.1. The number of anilines is 1. The number of furan rings is 1. The smallest absolute Gasteiger partial charge is 0.120 e. The molecule has 1 aromatic carbocycles. The summed E-state index contributed by atoms with van der Waals surface area (Å²) in [5, 5.41) is 3.60. The van der Waals surface area contributed by atoms with E-state index in [2.05, 4.69) is 47.5 Å². The zero-order valence-electron chi connectivity index (χ0n) is 12.7. The molecule has 0 fully saturated rings. The van der Waals surface area contributed by atoms with Gasteiger partial charge in [-0.05, 0) is 49.6 Å². The van der Waals surface area contributed by atoms with E-state index in [-0.39, 0.29) is 0 Å². The van der Waals surface area contributed by atoms with E-state index in [4.69, 9.17) is 4.42 Å². The first-order valence-electron chi connectivity index (χ1n) is 7.98. The van der Waals surface area contributed by atoms with Gasteiger partial charge >= 0.3 is 0 Å². The molecule has 0 aliphatic carbocycles. The van der Waals surface area contributed by atoms with Gasteiger partial charge in [0.05, 0.1) is 12.3 Å². The summed E-state index contributed by atoms with van der Waals surface area (Å²) < 4.78 is 5.49. The Balaban J connectivity index is 1.45. The lowest BCUT2D eigenvalue weighted by Gasteiger charge is -2.20. The van der Waals surface area contributed by atoms with Gasteiger partial charge in [0.15, 0.2) is 0 Å². The van der Waals surface area contributed by atoms with Crippen LogP contribution >= 0.6 is 0 Å². The lowest BCUT2D eigenvalue weighted by molar-refractivity contribution is 0.403. The van der Waals surface area contributed by atoms with E-state index < -0.39 is 0 Å². The molecule has 1 aromatic heterocycles. The van der Waals surface area contributed by atoms with Crippen LogP contribution in [0.2, 0.25) is 0 Å². The molecule has 1 aliphatic rings. The van der Waals surface area contributed by atoms with Crippen molar-refractivity contribution in [1.29, 1.82) is 0 Å². The lowest BCUT2D eigenvalue weighted by atomic mass is 10.1. The second kappa shape index (κ2) is 6.81. The summed E-state index contributed by atoms with van der Waals surface area (Å²) in [5.74, 6) is 1.05. The number of rotatable bonds is 7. The third-order valence-electron chi connectivity index (χ3n) is 4.27. The Bertz CT molecular complexity index is 550. The number of para-hydroxylation sites is 1. The lowest BCUT2D eigenvalue weighted by Crippen LogP contribution is -2.27. The maximum atomic E-state index is 5.49. The van der Waals surface area contributed by atoms with Gasteiger partial charge in [-0.2, -0.15) is 0 Å². The molecule has 1 unspecified atom stereocenters. The number of benzene rings is 1. The van der Waals surface area contributed by atoms with Crippen LogP contribution in [0.15, 0.2) is 47.1 Å². The van der Waals surface area contributed by atoms with Crippen LogP contribution in [0.1, 0.15) is 37.1 Å². The summed E-state index contributed by atoms with van der Waals surface area (Å²) in [5.41, 5.74) is 2.92. The molecule has 0 saturated heterocycles. The molecular weight excluding hydrogens is 260 g/mol. The molecule has 21 heavy (non-hydrogen) atoms. The van der Waals surface area contributed by atoms with Crippen LogP contribution in [0.5, 0.6) is 0 Å². The molecular formula is C18H24N2O. The Kier molecular flexibility index (Phi) is 4.61. The normalized spacial score (nSPS) is 15.2. The SMILES string of the molecule is CCC(NCCCN1CCc2ccccc21)c1ccco1. The molecule has 3 nitrogen and oxygen atoms in total. The maximum Gasteiger partial charge on any atom is 0.120 e. The van der Waals surface area contributed by atoms with E-state index in [1.165, 1.54) is 17.7 Å². The van der Waals surface area contributed by atoms with Gasteiger partial charge in [0, 0.05) is 18.8 Å². The third kappa shape index (κ3) is 3.30. The van der Waals surface area contributed by atoms with E-state index in [9.17, 15) is 0 Å². The summed E-state index contributed by atoms with van der Waals surface area (Å²) in [6.07, 6.45) is 5.15. The number of nitrogens with zero attached hydrogens (tertiary/aromatic N) is 1. The number of hydrogen-bond donors (Lipinski definition) is 1. The highest BCUT2D eigenvalue weighted by Gasteiger charge is 2.17. The van der Waals surface area contributed by atoms with Crippen molar-refractivity contribution in [3.63, 3.8) is 0 Å². The fourth-order valence-electron chi connectivity index (χ4n) is 3.12. The van der Waals surface area contributed by atoms with Gasteiger partial charge in [-0.3, -0.25) is 0 Å². The second-order valence-corrected chi connectivity index (χ2v) is 5.65. The minimum absolute atomic E-state index is 0.339. The van der Waals surface area contributed by atoms with Crippen LogP contribution in [0.25, 0.3) is 0 Å². The minimum atomic E-state index is 0.339. The number of fused-ring (bicyclic) bond motifs is 1. The van der Waals surface area contributed by atoms with Crippen molar-refractivity contribution in [3.05, 3.63) is 54.0 Å². The summed E-state index contributed by atoms with van der Waals surface area (Å²) in [4.78, 5) is 2.50. The van der Waals surface area contributed by atoms with Crippen molar-refractivity contribution in [2.24, 2.45) is 0 Å². The Morgan fingerprint density at radius 3 is 2.95 bits per heavy atom. The van der Waals surface area contributed by atoms with Gasteiger partial charge in [-0.15, -0.1) is 0 Å². The molecule has 1 atom stereocenters. The van der Waals surface area contributed by atoms with Gasteiger partial charge in [-0.1, -0.05) is 25.1 Å². The first-order chi connectivity index (χ1) is 10.4. The average molecular weight is 284 g/mol. The standard InChI is InChI=1S/C18H24N2O/c1-2-16(18-9-5-14-21-18)19-11-6-12-20-13-10-15-7-3-4-8-17(15)20/h3-5,7-9,14,16,19H,2,6,10-13H2,1H3. The van der Waals surface area contributed by atoms with E-state index in [0.717, 1.165) is 38.2 Å². The zero-order valence-corrected chi connectivity index (χ0v) is 12.7. The number of hydrogen-bond acceptors (Lipinski definition) is 3. The molecule has 112 valence electrons. The second-order valence-electron chi connectivity index (χ2n) is 5.65. The fraction of sp³-hybridized carbons (Fsp3) is 0.444. The predicted molar refractivity (Wildman–Crippen MR) is 86.7 cm³/mol. The largest absolute Gasteiger partial charge is 0.468 e. The Labute approximate surface area is 127 Å². The average Bonchev–Trinajstić information content (AvgIpc) is 3.17. The molecule has 0 saturated carbocycles. The molecule has 1 N–H and O–H groups in total. The Morgan fingerprint density at radius 2 is 2.14 bits per heavy atom.